The molecular formula is C37H42FN3O4S. The first-order chi connectivity index (χ1) is 22.0. The fourth-order valence-electron chi connectivity index (χ4n) is 5.09. The Morgan fingerprint density at radius 3 is 2.13 bits per heavy atom. The van der Waals surface area contributed by atoms with Crippen molar-refractivity contribution in [3.8, 4) is 0 Å². The first kappa shape index (κ1) is 34.4. The predicted octanol–water partition coefficient (Wildman–Crippen LogP) is 6.50. The second kappa shape index (κ2) is 15.7. The van der Waals surface area contributed by atoms with Crippen LogP contribution in [0, 0.1) is 26.6 Å². The molecule has 0 saturated carbocycles. The van der Waals surface area contributed by atoms with Gasteiger partial charge in [-0.05, 0) is 85.8 Å². The van der Waals surface area contributed by atoms with E-state index in [2.05, 4.69) is 5.32 Å². The molecule has 4 aromatic carbocycles. The summed E-state index contributed by atoms with van der Waals surface area (Å²) in [7, 11) is -4.19. The quantitative estimate of drug-likeness (QED) is 0.159. The SMILES string of the molecule is CCCCNC(=O)[C@@H](Cc1ccccc1)N(Cc1ccc(F)cc1)C(=O)CN(c1ccc(C)c(C)c1)S(=O)(=O)c1ccc(C)cc1. The summed E-state index contributed by atoms with van der Waals surface area (Å²) >= 11 is 0. The zero-order valence-corrected chi connectivity index (χ0v) is 27.7. The van der Waals surface area contributed by atoms with Gasteiger partial charge in [0, 0.05) is 19.5 Å². The van der Waals surface area contributed by atoms with Crippen LogP contribution < -0.4 is 9.62 Å². The van der Waals surface area contributed by atoms with Gasteiger partial charge in [-0.15, -0.1) is 0 Å². The number of carbonyl (C=O) groups excluding carboxylic acids is 2. The first-order valence-electron chi connectivity index (χ1n) is 15.5. The van der Waals surface area contributed by atoms with Crippen LogP contribution in [-0.2, 0) is 32.6 Å². The number of carbonyl (C=O) groups is 2. The lowest BCUT2D eigenvalue weighted by molar-refractivity contribution is -0.140. The van der Waals surface area contributed by atoms with Gasteiger partial charge in [-0.1, -0.05) is 79.6 Å². The molecule has 0 bridgehead atoms. The van der Waals surface area contributed by atoms with Gasteiger partial charge in [0.05, 0.1) is 10.6 Å². The van der Waals surface area contributed by atoms with Gasteiger partial charge in [0.2, 0.25) is 11.8 Å². The van der Waals surface area contributed by atoms with Gasteiger partial charge in [0.15, 0.2) is 0 Å². The minimum absolute atomic E-state index is 0.0246. The summed E-state index contributed by atoms with van der Waals surface area (Å²) in [5, 5.41) is 2.97. The minimum atomic E-state index is -4.19. The number of rotatable bonds is 14. The molecule has 0 radical (unpaired) electrons. The molecule has 2 amide bonds. The molecule has 9 heteroatoms. The Balaban J connectivity index is 1.80. The van der Waals surface area contributed by atoms with Crippen molar-refractivity contribution in [2.45, 2.75) is 64.4 Å². The lowest BCUT2D eigenvalue weighted by Gasteiger charge is -2.34. The van der Waals surface area contributed by atoms with Crippen LogP contribution in [0.4, 0.5) is 10.1 Å². The van der Waals surface area contributed by atoms with Crippen LogP contribution in [-0.4, -0.2) is 44.3 Å². The third-order valence-electron chi connectivity index (χ3n) is 8.03. The summed E-state index contributed by atoms with van der Waals surface area (Å²) in [4.78, 5) is 29.8. The number of nitrogens with zero attached hydrogens (tertiary/aromatic N) is 2. The molecule has 0 aliphatic rings. The van der Waals surface area contributed by atoms with Gasteiger partial charge in [0.1, 0.15) is 18.4 Å². The van der Waals surface area contributed by atoms with E-state index in [1.54, 1.807) is 36.4 Å². The fourth-order valence-corrected chi connectivity index (χ4v) is 6.50. The topological polar surface area (TPSA) is 86.8 Å². The molecular weight excluding hydrogens is 601 g/mol. The molecule has 0 aliphatic heterocycles. The zero-order chi connectivity index (χ0) is 33.3. The number of amides is 2. The third-order valence-corrected chi connectivity index (χ3v) is 9.82. The van der Waals surface area contributed by atoms with Crippen LogP contribution in [0.25, 0.3) is 0 Å². The number of nitrogens with one attached hydrogen (secondary N) is 1. The molecule has 0 saturated heterocycles. The number of aryl methyl sites for hydroxylation is 3. The van der Waals surface area contributed by atoms with E-state index >= 15 is 0 Å². The molecule has 0 fully saturated rings. The Bertz CT molecular complexity index is 1730. The van der Waals surface area contributed by atoms with Crippen molar-refractivity contribution in [1.82, 2.24) is 10.2 Å². The lowest BCUT2D eigenvalue weighted by atomic mass is 10.0. The second-order valence-electron chi connectivity index (χ2n) is 11.6. The standard InChI is InChI=1S/C37H42FN3O4S/c1-5-6-22-39-37(43)35(24-30-10-8-7-9-11-30)40(25-31-15-17-32(38)18-16-31)36(42)26-41(33-19-14-28(3)29(4)23-33)46(44,45)34-20-12-27(2)13-21-34/h7-21,23,35H,5-6,22,24-26H2,1-4H3,(H,39,43)/t35-/m1/s1. The summed E-state index contributed by atoms with van der Waals surface area (Å²) in [6.07, 6.45) is 1.86. The average Bonchev–Trinajstić information content (AvgIpc) is 3.04. The van der Waals surface area contributed by atoms with E-state index in [0.29, 0.717) is 17.8 Å². The molecule has 0 heterocycles. The molecule has 0 aromatic heterocycles. The number of halogens is 1. The summed E-state index contributed by atoms with van der Waals surface area (Å²) in [6.45, 7) is 7.57. The van der Waals surface area contributed by atoms with Gasteiger partial charge in [0.25, 0.3) is 10.0 Å². The maximum Gasteiger partial charge on any atom is 0.264 e. The average molecular weight is 644 g/mol. The number of unbranched alkanes of at least 4 members (excludes halogenated alkanes) is 1. The smallest absolute Gasteiger partial charge is 0.264 e. The molecule has 0 aliphatic carbocycles. The molecule has 4 rings (SSSR count). The van der Waals surface area contributed by atoms with E-state index in [1.807, 2.05) is 64.1 Å². The van der Waals surface area contributed by atoms with Crippen LogP contribution >= 0.6 is 0 Å². The highest BCUT2D eigenvalue weighted by molar-refractivity contribution is 7.92. The number of hydrogen-bond donors (Lipinski definition) is 1. The lowest BCUT2D eigenvalue weighted by Crippen LogP contribution is -2.53. The minimum Gasteiger partial charge on any atom is -0.354 e. The Morgan fingerprint density at radius 2 is 1.50 bits per heavy atom. The Kier molecular flexibility index (Phi) is 11.7. The number of benzene rings is 4. The molecule has 0 unspecified atom stereocenters. The normalized spacial score (nSPS) is 11.9. The third kappa shape index (κ3) is 8.81. The van der Waals surface area contributed by atoms with Crippen molar-refractivity contribution in [2.75, 3.05) is 17.4 Å². The van der Waals surface area contributed by atoms with E-state index in [0.717, 1.165) is 39.4 Å². The van der Waals surface area contributed by atoms with E-state index in [1.165, 1.54) is 29.2 Å². The second-order valence-corrected chi connectivity index (χ2v) is 13.5. The molecule has 4 aromatic rings. The maximum absolute atomic E-state index is 14.5. The molecule has 7 nitrogen and oxygen atoms in total. The van der Waals surface area contributed by atoms with Gasteiger partial charge < -0.3 is 10.2 Å². The number of anilines is 1. The van der Waals surface area contributed by atoms with Gasteiger partial charge in [-0.25, -0.2) is 12.8 Å². The maximum atomic E-state index is 14.5. The predicted molar refractivity (Wildman–Crippen MR) is 180 cm³/mol. The van der Waals surface area contributed by atoms with E-state index < -0.39 is 34.3 Å². The van der Waals surface area contributed by atoms with Gasteiger partial charge >= 0.3 is 0 Å². The monoisotopic (exact) mass is 643 g/mol. The van der Waals surface area contributed by atoms with Crippen molar-refractivity contribution in [3.05, 3.63) is 131 Å². The van der Waals surface area contributed by atoms with Crippen molar-refractivity contribution in [3.63, 3.8) is 0 Å². The zero-order valence-electron chi connectivity index (χ0n) is 26.9. The Hall–Kier alpha value is -4.50. The fraction of sp³-hybridized carbons (Fsp3) is 0.297. The van der Waals surface area contributed by atoms with Crippen LogP contribution in [0.1, 0.15) is 47.6 Å². The van der Waals surface area contributed by atoms with Crippen LogP contribution in [0.5, 0.6) is 0 Å². The molecule has 242 valence electrons. The highest BCUT2D eigenvalue weighted by Crippen LogP contribution is 2.27. The van der Waals surface area contributed by atoms with E-state index in [4.69, 9.17) is 0 Å². The first-order valence-corrected chi connectivity index (χ1v) is 17.0. The molecule has 1 atom stereocenters. The van der Waals surface area contributed by atoms with Crippen molar-refractivity contribution in [1.29, 1.82) is 0 Å². The van der Waals surface area contributed by atoms with Crippen molar-refractivity contribution >= 4 is 27.5 Å². The number of sulfonamides is 1. The number of hydrogen-bond acceptors (Lipinski definition) is 4. The highest BCUT2D eigenvalue weighted by Gasteiger charge is 2.34. The van der Waals surface area contributed by atoms with E-state index in [9.17, 15) is 22.4 Å². The summed E-state index contributed by atoms with van der Waals surface area (Å²) < 4.78 is 43.4. The van der Waals surface area contributed by atoms with E-state index in [-0.39, 0.29) is 23.8 Å². The summed E-state index contributed by atoms with van der Waals surface area (Å²) in [5.41, 5.74) is 4.53. The van der Waals surface area contributed by atoms with Gasteiger partial charge in [-0.3, -0.25) is 13.9 Å². The summed E-state index contributed by atoms with van der Waals surface area (Å²) in [5.74, 6) is -1.33. The molecule has 46 heavy (non-hydrogen) atoms. The largest absolute Gasteiger partial charge is 0.354 e. The summed E-state index contributed by atoms with van der Waals surface area (Å²) in [6, 6.07) is 25.9. The Labute approximate surface area is 272 Å². The molecule has 1 N–H and O–H groups in total. The van der Waals surface area contributed by atoms with Crippen molar-refractivity contribution < 1.29 is 22.4 Å². The van der Waals surface area contributed by atoms with Crippen LogP contribution in [0.15, 0.2) is 102 Å². The van der Waals surface area contributed by atoms with Gasteiger partial charge in [-0.2, -0.15) is 0 Å². The highest BCUT2D eigenvalue weighted by atomic mass is 32.2. The van der Waals surface area contributed by atoms with Crippen LogP contribution in [0.3, 0.4) is 0 Å². The molecule has 0 spiro atoms. The van der Waals surface area contributed by atoms with Crippen molar-refractivity contribution in [2.24, 2.45) is 0 Å². The van der Waals surface area contributed by atoms with Crippen LogP contribution in [0.2, 0.25) is 0 Å². The Morgan fingerprint density at radius 1 is 0.826 bits per heavy atom.